The molecule has 1 aliphatic carbocycles. The van der Waals surface area contributed by atoms with Crippen molar-refractivity contribution in [1.82, 2.24) is 0 Å². The van der Waals surface area contributed by atoms with Crippen molar-refractivity contribution in [2.75, 3.05) is 4.43 Å². The number of hydrogen-bond acceptors (Lipinski definition) is 1. The van der Waals surface area contributed by atoms with Gasteiger partial charge in [-0.05, 0) is 35.0 Å². The number of halogens is 1. The molecule has 1 rings (SSSR count). The van der Waals surface area contributed by atoms with Gasteiger partial charge in [-0.2, -0.15) is 0 Å². The van der Waals surface area contributed by atoms with Crippen LogP contribution in [0.1, 0.15) is 12.8 Å². The van der Waals surface area contributed by atoms with Gasteiger partial charge in [0.05, 0.1) is 0 Å². The molecule has 11 heavy (non-hydrogen) atoms. The Bertz CT molecular complexity index is 182. The third-order valence-corrected chi connectivity index (χ3v) is 4.24. The van der Waals surface area contributed by atoms with Gasteiger partial charge in [-0.25, -0.2) is 0 Å². The summed E-state index contributed by atoms with van der Waals surface area (Å²) >= 11 is 0.262. The van der Waals surface area contributed by atoms with E-state index in [2.05, 4.69) is 16.2 Å². The molecule has 0 aromatic heterocycles. The Morgan fingerprint density at radius 1 is 1.64 bits per heavy atom. The molecule has 2 N–H and O–H groups in total. The van der Waals surface area contributed by atoms with Gasteiger partial charge >= 0.3 is 0 Å². The van der Waals surface area contributed by atoms with Crippen LogP contribution in [0.15, 0.2) is 24.4 Å². The lowest BCUT2D eigenvalue weighted by atomic mass is 10.2. The number of nitrogens with two attached hydrogens (primary N) is 1. The normalized spacial score (nSPS) is 24.9. The average Bonchev–Trinajstić information content (AvgIpc) is 2.50. The monoisotopic (exact) mass is 263 g/mol. The minimum Gasteiger partial charge on any atom is -0.405 e. The van der Waals surface area contributed by atoms with E-state index in [9.17, 15) is 0 Å². The third-order valence-electron chi connectivity index (χ3n) is 1.67. The van der Waals surface area contributed by atoms with Gasteiger partial charge in [0.15, 0.2) is 0 Å². The van der Waals surface area contributed by atoms with Gasteiger partial charge < -0.3 is 5.73 Å². The topological polar surface area (TPSA) is 26.0 Å². The quantitative estimate of drug-likeness (QED) is 0.471. The van der Waals surface area contributed by atoms with E-state index >= 15 is 0 Å². The maximum atomic E-state index is 5.21. The minimum absolute atomic E-state index is 0.262. The molecule has 0 amide bonds. The molecule has 0 aromatic carbocycles. The highest BCUT2D eigenvalue weighted by Crippen LogP contribution is 2.20. The van der Waals surface area contributed by atoms with E-state index in [0.717, 1.165) is 5.92 Å². The van der Waals surface area contributed by atoms with E-state index in [0.29, 0.717) is 0 Å². The Kier molecular flexibility index (Phi) is 4.50. The summed E-state index contributed by atoms with van der Waals surface area (Å²) in [5.74, 6) is 0.880. The molecule has 1 atom stereocenters. The first-order valence-corrected chi connectivity index (χ1v) is 6.65. The summed E-state index contributed by atoms with van der Waals surface area (Å²) in [6.45, 7) is 0. The third kappa shape index (κ3) is 3.70. The molecule has 1 nitrogen and oxygen atoms in total. The molecule has 0 radical (unpaired) electrons. The van der Waals surface area contributed by atoms with Gasteiger partial charge in [0, 0.05) is 4.43 Å². The van der Waals surface area contributed by atoms with Gasteiger partial charge in [-0.1, -0.05) is 12.2 Å². The molecule has 0 saturated carbocycles. The summed E-state index contributed by atoms with van der Waals surface area (Å²) in [5, 5.41) is 0. The van der Waals surface area contributed by atoms with Crippen LogP contribution in [0.3, 0.4) is 0 Å². The first-order valence-electron chi connectivity index (χ1n) is 3.88. The van der Waals surface area contributed by atoms with E-state index in [4.69, 9.17) is 5.73 Å². The van der Waals surface area contributed by atoms with Crippen LogP contribution in [0.4, 0.5) is 0 Å². The van der Waals surface area contributed by atoms with Crippen molar-refractivity contribution < 1.29 is 0 Å². The van der Waals surface area contributed by atoms with Gasteiger partial charge in [0.1, 0.15) is 0 Å². The second kappa shape index (κ2) is 5.52. The molecule has 2 heteroatoms. The molecule has 1 unspecified atom stereocenters. The first kappa shape index (κ1) is 8.97. The van der Waals surface area contributed by atoms with Crippen LogP contribution in [0.5, 0.6) is 0 Å². The molecule has 0 fully saturated rings. The molecule has 0 aromatic rings. The fourth-order valence-electron chi connectivity index (χ4n) is 1.08. The Balaban J connectivity index is 2.16. The predicted molar refractivity (Wildman–Crippen MR) is 60.1 cm³/mol. The van der Waals surface area contributed by atoms with Gasteiger partial charge in [-0.15, -0.1) is 20.7 Å². The second-order valence-electron chi connectivity index (χ2n) is 2.59. The Morgan fingerprint density at radius 2 is 2.55 bits per heavy atom. The molecule has 62 valence electrons. The van der Waals surface area contributed by atoms with Crippen LogP contribution in [0.2, 0.25) is 0 Å². The summed E-state index contributed by atoms with van der Waals surface area (Å²) in [7, 11) is 0. The zero-order chi connectivity index (χ0) is 7.94. The Morgan fingerprint density at radius 3 is 3.18 bits per heavy atom. The van der Waals surface area contributed by atoms with E-state index < -0.39 is 0 Å². The molecule has 0 aliphatic heterocycles. The van der Waals surface area contributed by atoms with E-state index in [1.807, 2.05) is 6.08 Å². The summed E-state index contributed by atoms with van der Waals surface area (Å²) in [6, 6.07) is 0. The van der Waals surface area contributed by atoms with Crippen molar-refractivity contribution in [1.29, 1.82) is 0 Å². The van der Waals surface area contributed by atoms with E-state index in [1.165, 1.54) is 17.3 Å². The lowest BCUT2D eigenvalue weighted by molar-refractivity contribution is 0.722. The van der Waals surface area contributed by atoms with E-state index in [-0.39, 0.29) is 20.7 Å². The number of allylic oxidation sites excluding steroid dienone is 3. The zero-order valence-corrected chi connectivity index (χ0v) is 8.70. The molecular formula is C9H14IN. The van der Waals surface area contributed by atoms with Crippen molar-refractivity contribution in [3.63, 3.8) is 0 Å². The summed E-state index contributed by atoms with van der Waals surface area (Å²) in [5.41, 5.74) is 5.21. The highest BCUT2D eigenvalue weighted by Gasteiger charge is 2.05. The van der Waals surface area contributed by atoms with Crippen molar-refractivity contribution in [2.45, 2.75) is 12.8 Å². The van der Waals surface area contributed by atoms with Crippen molar-refractivity contribution in [3.05, 3.63) is 24.4 Å². The van der Waals surface area contributed by atoms with Crippen molar-refractivity contribution in [2.24, 2.45) is 11.7 Å². The highest BCUT2D eigenvalue weighted by molar-refractivity contribution is 14.2. The summed E-state index contributed by atoms with van der Waals surface area (Å²) in [4.78, 5) is 0. The van der Waals surface area contributed by atoms with Gasteiger partial charge in [0.2, 0.25) is 0 Å². The second-order valence-corrected chi connectivity index (χ2v) is 5.07. The minimum atomic E-state index is 0.262. The lowest BCUT2D eigenvalue weighted by Crippen LogP contribution is -1.91. The SMILES string of the molecule is N/C=C\C=ICC1C=CCC1. The van der Waals surface area contributed by atoms with Gasteiger partial charge in [-0.3, -0.25) is 0 Å². The summed E-state index contributed by atoms with van der Waals surface area (Å²) in [6.07, 6.45) is 10.9. The largest absolute Gasteiger partial charge is 0.405 e. The molecule has 1 aliphatic rings. The first-order chi connectivity index (χ1) is 5.43. The highest BCUT2D eigenvalue weighted by atomic mass is 127. The van der Waals surface area contributed by atoms with Crippen molar-refractivity contribution >= 4 is 24.7 Å². The van der Waals surface area contributed by atoms with Crippen molar-refractivity contribution in [3.8, 4) is 0 Å². The lowest BCUT2D eigenvalue weighted by Gasteiger charge is -1.99. The number of hydrogen-bond donors (Lipinski definition) is 1. The van der Waals surface area contributed by atoms with Gasteiger partial charge in [0.25, 0.3) is 0 Å². The van der Waals surface area contributed by atoms with Crippen LogP contribution in [0, 0.1) is 5.92 Å². The van der Waals surface area contributed by atoms with Crippen LogP contribution in [-0.4, -0.2) is 8.44 Å². The fourth-order valence-corrected chi connectivity index (χ4v) is 3.30. The van der Waals surface area contributed by atoms with Crippen LogP contribution < -0.4 is 5.73 Å². The van der Waals surface area contributed by atoms with E-state index in [1.54, 1.807) is 6.20 Å². The zero-order valence-electron chi connectivity index (χ0n) is 6.54. The standard InChI is InChI=1S/C9H14IN/c11-7-3-6-10-8-9-4-1-2-5-9/h1,3-4,6-7,9H,2,5,8,11H2/b7-3-. The van der Waals surface area contributed by atoms with Crippen LogP contribution in [-0.2, 0) is 0 Å². The van der Waals surface area contributed by atoms with Crippen LogP contribution >= 0.6 is 20.7 Å². The summed E-state index contributed by atoms with van der Waals surface area (Å²) < 4.78 is 3.63. The molecule has 0 spiro atoms. The maximum Gasteiger partial charge on any atom is 0.00108 e. The number of alkyl halides is 1. The Hall–Kier alpha value is -0.120. The molecular weight excluding hydrogens is 249 g/mol. The molecule has 0 saturated heterocycles. The smallest absolute Gasteiger partial charge is 0.00108 e. The average molecular weight is 263 g/mol. The number of rotatable bonds is 3. The van der Waals surface area contributed by atoms with Crippen LogP contribution in [0.25, 0.3) is 0 Å². The Labute approximate surface area is 78.1 Å². The molecule has 0 heterocycles. The molecule has 0 bridgehead atoms. The maximum absolute atomic E-state index is 5.21. The predicted octanol–water partition coefficient (Wildman–Crippen LogP) is 2.20. The fraction of sp³-hybridized carbons (Fsp3) is 0.444.